The van der Waals surface area contributed by atoms with E-state index in [-0.39, 0.29) is 0 Å². The van der Waals surface area contributed by atoms with Gasteiger partial charge in [-0.05, 0) is 29.9 Å². The first-order valence-electron chi connectivity index (χ1n) is 11.5. The van der Waals surface area contributed by atoms with E-state index in [9.17, 15) is 0 Å². The first kappa shape index (κ1) is 22.9. The number of para-hydroxylation sites is 1. The van der Waals surface area contributed by atoms with Crippen LogP contribution < -0.4 is 19.7 Å². The van der Waals surface area contributed by atoms with E-state index in [0.717, 1.165) is 64.8 Å². The van der Waals surface area contributed by atoms with E-state index >= 15 is 0 Å². The molecule has 1 N–H and O–H groups in total. The first-order valence-corrected chi connectivity index (χ1v) is 11.9. The standard InChI is InChI=1S/C27H27N5O2S/c1-33-24-16-21-23(17-25(24)34-2)28-18-29-26(21)31-12-14-32(15-13-31)27(35)30-22-11-7-6-10-20(22)19-8-4-3-5-9-19/h3-11,16-18H,12-15H2,1-2H3,(H,30,35). The Hall–Kier alpha value is -3.91. The molecule has 4 aromatic rings. The molecule has 8 heteroatoms. The third-order valence-electron chi connectivity index (χ3n) is 6.24. The summed E-state index contributed by atoms with van der Waals surface area (Å²) in [5.41, 5.74) is 4.12. The molecular formula is C27H27N5O2S. The molecule has 7 nitrogen and oxygen atoms in total. The smallest absolute Gasteiger partial charge is 0.173 e. The number of thiocarbonyl (C=S) groups is 1. The molecular weight excluding hydrogens is 458 g/mol. The van der Waals surface area contributed by atoms with Crippen molar-refractivity contribution in [3.63, 3.8) is 0 Å². The van der Waals surface area contributed by atoms with Crippen LogP contribution >= 0.6 is 12.2 Å². The second-order valence-corrected chi connectivity index (χ2v) is 8.62. The van der Waals surface area contributed by atoms with Crippen molar-refractivity contribution in [1.29, 1.82) is 0 Å². The predicted octanol–water partition coefficient (Wildman–Crippen LogP) is 4.83. The Labute approximate surface area is 210 Å². The van der Waals surface area contributed by atoms with Gasteiger partial charge in [0.05, 0.1) is 19.7 Å². The van der Waals surface area contributed by atoms with Crippen molar-refractivity contribution in [2.75, 3.05) is 50.6 Å². The minimum atomic E-state index is 0.654. The highest BCUT2D eigenvalue weighted by Gasteiger charge is 2.23. The number of anilines is 2. The number of nitrogens with one attached hydrogen (secondary N) is 1. The van der Waals surface area contributed by atoms with Crippen molar-refractivity contribution in [3.8, 4) is 22.6 Å². The summed E-state index contributed by atoms with van der Waals surface area (Å²) >= 11 is 5.80. The molecule has 1 aliphatic rings. The minimum Gasteiger partial charge on any atom is -0.493 e. The summed E-state index contributed by atoms with van der Waals surface area (Å²) in [6.07, 6.45) is 1.60. The highest BCUT2D eigenvalue weighted by atomic mass is 32.1. The van der Waals surface area contributed by atoms with E-state index in [1.54, 1.807) is 20.5 Å². The molecule has 0 saturated carbocycles. The van der Waals surface area contributed by atoms with Crippen LogP contribution in [0.4, 0.5) is 11.5 Å². The highest BCUT2D eigenvalue weighted by molar-refractivity contribution is 7.80. The average Bonchev–Trinajstić information content (AvgIpc) is 2.92. The largest absolute Gasteiger partial charge is 0.493 e. The number of fused-ring (bicyclic) bond motifs is 1. The van der Waals surface area contributed by atoms with Crippen LogP contribution in [0.5, 0.6) is 11.5 Å². The van der Waals surface area contributed by atoms with E-state index in [1.807, 2.05) is 42.5 Å². The fourth-order valence-electron chi connectivity index (χ4n) is 4.40. The van der Waals surface area contributed by atoms with Crippen molar-refractivity contribution in [2.45, 2.75) is 0 Å². The van der Waals surface area contributed by atoms with Gasteiger partial charge in [-0.3, -0.25) is 0 Å². The Kier molecular flexibility index (Phi) is 6.63. The van der Waals surface area contributed by atoms with Gasteiger partial charge in [-0.15, -0.1) is 0 Å². The number of benzene rings is 3. The van der Waals surface area contributed by atoms with Crippen LogP contribution in [0.3, 0.4) is 0 Å². The zero-order valence-corrected chi connectivity index (χ0v) is 20.6. The Morgan fingerprint density at radius 1 is 0.857 bits per heavy atom. The van der Waals surface area contributed by atoms with Crippen molar-refractivity contribution in [1.82, 2.24) is 14.9 Å². The lowest BCUT2D eigenvalue weighted by molar-refractivity contribution is 0.355. The lowest BCUT2D eigenvalue weighted by atomic mass is 10.0. The third kappa shape index (κ3) is 4.70. The van der Waals surface area contributed by atoms with Crippen molar-refractivity contribution in [2.24, 2.45) is 0 Å². The lowest BCUT2D eigenvalue weighted by Gasteiger charge is -2.37. The third-order valence-corrected chi connectivity index (χ3v) is 6.60. The van der Waals surface area contributed by atoms with Crippen molar-refractivity contribution in [3.05, 3.63) is 73.1 Å². The molecule has 0 amide bonds. The Bertz CT molecular complexity index is 1340. The lowest BCUT2D eigenvalue weighted by Crippen LogP contribution is -2.50. The summed E-state index contributed by atoms with van der Waals surface area (Å²) < 4.78 is 10.9. The van der Waals surface area contributed by atoms with Crippen LogP contribution in [0.15, 0.2) is 73.1 Å². The number of hydrogen-bond donors (Lipinski definition) is 1. The van der Waals surface area contributed by atoms with Gasteiger partial charge in [0.25, 0.3) is 0 Å². The van der Waals surface area contributed by atoms with Gasteiger partial charge in [-0.1, -0.05) is 48.5 Å². The molecule has 3 aromatic carbocycles. The summed E-state index contributed by atoms with van der Waals surface area (Å²) in [5.74, 6) is 2.21. The van der Waals surface area contributed by atoms with E-state index in [0.29, 0.717) is 11.5 Å². The molecule has 1 aromatic heterocycles. The molecule has 0 radical (unpaired) electrons. The molecule has 0 bridgehead atoms. The monoisotopic (exact) mass is 485 g/mol. The molecule has 0 atom stereocenters. The highest BCUT2D eigenvalue weighted by Crippen LogP contribution is 2.35. The summed E-state index contributed by atoms with van der Waals surface area (Å²) in [6.45, 7) is 3.17. The van der Waals surface area contributed by atoms with Gasteiger partial charge in [-0.25, -0.2) is 9.97 Å². The van der Waals surface area contributed by atoms with Gasteiger partial charge in [0.1, 0.15) is 12.1 Å². The maximum Gasteiger partial charge on any atom is 0.173 e. The number of aromatic nitrogens is 2. The van der Waals surface area contributed by atoms with Crippen LogP contribution in [0.2, 0.25) is 0 Å². The predicted molar refractivity (Wildman–Crippen MR) is 145 cm³/mol. The van der Waals surface area contributed by atoms with E-state index in [4.69, 9.17) is 21.7 Å². The molecule has 0 unspecified atom stereocenters. The molecule has 1 aliphatic heterocycles. The minimum absolute atomic E-state index is 0.654. The molecule has 1 saturated heterocycles. The zero-order valence-electron chi connectivity index (χ0n) is 19.8. The van der Waals surface area contributed by atoms with Crippen molar-refractivity contribution >= 4 is 39.7 Å². The Morgan fingerprint density at radius 2 is 1.54 bits per heavy atom. The van der Waals surface area contributed by atoms with Gasteiger partial charge in [0.2, 0.25) is 0 Å². The number of nitrogens with zero attached hydrogens (tertiary/aromatic N) is 4. The maximum atomic E-state index is 5.80. The average molecular weight is 486 g/mol. The normalized spacial score (nSPS) is 13.5. The Balaban J connectivity index is 1.30. The number of piperazine rings is 1. The Morgan fingerprint density at radius 3 is 2.29 bits per heavy atom. The van der Waals surface area contributed by atoms with Gasteiger partial charge in [0.15, 0.2) is 16.6 Å². The fourth-order valence-corrected chi connectivity index (χ4v) is 4.69. The van der Waals surface area contributed by atoms with Gasteiger partial charge < -0.3 is 24.6 Å². The number of hydrogen-bond acceptors (Lipinski definition) is 6. The molecule has 0 aliphatic carbocycles. The van der Waals surface area contributed by atoms with Crippen LogP contribution in [-0.2, 0) is 0 Å². The maximum absolute atomic E-state index is 5.80. The van der Waals surface area contributed by atoms with Crippen LogP contribution in [0, 0.1) is 0 Å². The number of ether oxygens (including phenoxy) is 2. The van der Waals surface area contributed by atoms with Crippen molar-refractivity contribution < 1.29 is 9.47 Å². The van der Waals surface area contributed by atoms with E-state index in [2.05, 4.69) is 49.4 Å². The van der Waals surface area contributed by atoms with E-state index < -0.39 is 0 Å². The number of methoxy groups -OCH3 is 2. The quantitative estimate of drug-likeness (QED) is 0.403. The fraction of sp³-hybridized carbons (Fsp3) is 0.222. The van der Waals surface area contributed by atoms with Gasteiger partial charge in [-0.2, -0.15) is 0 Å². The van der Waals surface area contributed by atoms with Crippen LogP contribution in [0.1, 0.15) is 0 Å². The van der Waals surface area contributed by atoms with Crippen LogP contribution in [-0.4, -0.2) is 60.4 Å². The van der Waals surface area contributed by atoms with E-state index in [1.165, 1.54) is 0 Å². The van der Waals surface area contributed by atoms with Gasteiger partial charge in [0, 0.05) is 48.9 Å². The summed E-state index contributed by atoms with van der Waals surface area (Å²) in [5, 5.41) is 5.14. The summed E-state index contributed by atoms with van der Waals surface area (Å²) in [6, 6.07) is 22.4. The molecule has 178 valence electrons. The topological polar surface area (TPSA) is 62.8 Å². The summed E-state index contributed by atoms with van der Waals surface area (Å²) in [7, 11) is 3.26. The number of rotatable bonds is 5. The second kappa shape index (κ2) is 10.1. The summed E-state index contributed by atoms with van der Waals surface area (Å²) in [4.78, 5) is 13.5. The zero-order chi connectivity index (χ0) is 24.2. The molecule has 35 heavy (non-hydrogen) atoms. The second-order valence-electron chi connectivity index (χ2n) is 8.24. The molecule has 0 spiro atoms. The van der Waals surface area contributed by atoms with Gasteiger partial charge >= 0.3 is 0 Å². The molecule has 1 fully saturated rings. The SMILES string of the molecule is COc1cc2ncnc(N3CCN(C(=S)Nc4ccccc4-c4ccccc4)CC3)c2cc1OC. The molecule has 5 rings (SSSR count). The first-order chi connectivity index (χ1) is 17.2. The molecule has 2 heterocycles. The van der Waals surface area contributed by atoms with Crippen LogP contribution in [0.25, 0.3) is 22.0 Å².